The molecule has 3 aromatic rings. The first-order chi connectivity index (χ1) is 12.8. The molecule has 10 nitrogen and oxygen atoms in total. The van der Waals surface area contributed by atoms with Crippen LogP contribution in [0.2, 0.25) is 0 Å². The third kappa shape index (κ3) is 2.52. The third-order valence-electron chi connectivity index (χ3n) is 5.21. The summed E-state index contributed by atoms with van der Waals surface area (Å²) in [6.07, 6.45) is 3.69. The van der Waals surface area contributed by atoms with E-state index >= 15 is 0 Å². The van der Waals surface area contributed by atoms with Crippen LogP contribution in [-0.2, 0) is 37.2 Å². The van der Waals surface area contributed by atoms with Gasteiger partial charge in [0.1, 0.15) is 5.82 Å². The van der Waals surface area contributed by atoms with Crippen molar-refractivity contribution in [3.63, 3.8) is 0 Å². The third-order valence-corrected chi connectivity index (χ3v) is 6.88. The fraction of sp³-hybridized carbons (Fsp3) is 0.500. The van der Waals surface area contributed by atoms with Crippen molar-refractivity contribution in [1.82, 2.24) is 33.8 Å². The van der Waals surface area contributed by atoms with Crippen molar-refractivity contribution in [2.75, 3.05) is 0 Å². The summed E-state index contributed by atoms with van der Waals surface area (Å²) in [5.41, 5.74) is 2.19. The van der Waals surface area contributed by atoms with E-state index in [0.717, 1.165) is 24.1 Å². The molecule has 0 N–H and O–H groups in total. The molecule has 0 amide bonds. The molecule has 0 radical (unpaired) electrons. The average molecular weight is 389 g/mol. The Morgan fingerprint density at radius 1 is 1.19 bits per heavy atom. The van der Waals surface area contributed by atoms with Crippen LogP contribution < -0.4 is 0 Å². The van der Waals surface area contributed by atoms with E-state index < -0.39 is 10.0 Å². The number of sulfonamides is 1. The highest BCUT2D eigenvalue weighted by atomic mass is 32.2. The summed E-state index contributed by atoms with van der Waals surface area (Å²) in [5.74, 6) is 2.08. The molecule has 3 aromatic heterocycles. The summed E-state index contributed by atoms with van der Waals surface area (Å²) in [4.78, 5) is 8.63. The Hall–Kier alpha value is -2.53. The van der Waals surface area contributed by atoms with Crippen LogP contribution in [0.1, 0.15) is 41.7 Å². The minimum Gasteiger partial charge on any atom is -0.337 e. The van der Waals surface area contributed by atoms with Gasteiger partial charge in [-0.2, -0.15) is 14.4 Å². The van der Waals surface area contributed by atoms with Gasteiger partial charge in [0.15, 0.2) is 16.5 Å². The maximum absolute atomic E-state index is 13.0. The van der Waals surface area contributed by atoms with Gasteiger partial charge in [-0.1, -0.05) is 5.16 Å². The number of fused-ring (bicyclic) bond motifs is 1. The van der Waals surface area contributed by atoms with Gasteiger partial charge in [-0.15, -0.1) is 0 Å². The zero-order chi connectivity index (χ0) is 18.9. The molecule has 0 spiro atoms. The van der Waals surface area contributed by atoms with Gasteiger partial charge < -0.3 is 9.09 Å². The Morgan fingerprint density at radius 2 is 1.96 bits per heavy atom. The molecule has 0 atom stereocenters. The van der Waals surface area contributed by atoms with E-state index in [1.54, 1.807) is 30.3 Å². The molecule has 1 saturated carbocycles. The second kappa shape index (κ2) is 5.49. The molecule has 5 rings (SSSR count). The molecular weight excluding hydrogens is 370 g/mol. The Kier molecular flexibility index (Phi) is 3.38. The lowest BCUT2D eigenvalue weighted by Gasteiger charge is -2.14. The summed E-state index contributed by atoms with van der Waals surface area (Å²) >= 11 is 0. The SMILES string of the molecule is Cc1nc(S(=O)(=O)N2Cc3c(-c4nc(C5CC5)no4)nn(C)c3C2)cn1C. The molecule has 0 aromatic carbocycles. The molecule has 1 fully saturated rings. The molecule has 0 bridgehead atoms. The Balaban J connectivity index is 1.49. The topological polar surface area (TPSA) is 112 Å². The van der Waals surface area contributed by atoms with Gasteiger partial charge in [-0.3, -0.25) is 4.68 Å². The standard InChI is InChI=1S/C16H19N7O3S/c1-9-17-13(8-21(9)2)27(24,25)23-6-11-12(7-23)22(3)19-14(11)16-18-15(20-26-16)10-4-5-10/h8,10H,4-7H2,1-3H3. The fourth-order valence-electron chi connectivity index (χ4n) is 3.33. The first-order valence-electron chi connectivity index (χ1n) is 8.73. The lowest BCUT2D eigenvalue weighted by Crippen LogP contribution is -2.27. The second-order valence-corrected chi connectivity index (χ2v) is 9.02. The maximum Gasteiger partial charge on any atom is 0.278 e. The first kappa shape index (κ1) is 16.6. The number of rotatable bonds is 4. The lowest BCUT2D eigenvalue weighted by atomic mass is 10.2. The number of imidazole rings is 1. The lowest BCUT2D eigenvalue weighted by molar-refractivity contribution is 0.411. The molecule has 11 heteroatoms. The van der Waals surface area contributed by atoms with Gasteiger partial charge in [0, 0.05) is 38.3 Å². The van der Waals surface area contributed by atoms with Crippen molar-refractivity contribution in [1.29, 1.82) is 0 Å². The van der Waals surface area contributed by atoms with Crippen molar-refractivity contribution >= 4 is 10.0 Å². The van der Waals surface area contributed by atoms with E-state index in [4.69, 9.17) is 4.52 Å². The highest BCUT2D eigenvalue weighted by Gasteiger charge is 2.38. The fourth-order valence-corrected chi connectivity index (χ4v) is 4.72. The average Bonchev–Trinajstić information content (AvgIpc) is 2.99. The van der Waals surface area contributed by atoms with Crippen molar-refractivity contribution < 1.29 is 12.9 Å². The number of aryl methyl sites for hydroxylation is 3. The second-order valence-electron chi connectivity index (χ2n) is 7.14. The number of hydrogen-bond acceptors (Lipinski definition) is 7. The normalized spacial score (nSPS) is 17.6. The van der Waals surface area contributed by atoms with Gasteiger partial charge in [0.05, 0.1) is 12.2 Å². The van der Waals surface area contributed by atoms with Gasteiger partial charge in [-0.05, 0) is 19.8 Å². The van der Waals surface area contributed by atoms with Crippen LogP contribution in [0.4, 0.5) is 0 Å². The molecule has 2 aliphatic rings. The minimum atomic E-state index is -3.70. The van der Waals surface area contributed by atoms with Crippen LogP contribution in [0.5, 0.6) is 0 Å². The molecular formula is C16H19N7O3S. The van der Waals surface area contributed by atoms with Gasteiger partial charge in [0.2, 0.25) is 0 Å². The van der Waals surface area contributed by atoms with Crippen LogP contribution in [0.3, 0.4) is 0 Å². The van der Waals surface area contributed by atoms with E-state index in [0.29, 0.717) is 29.2 Å². The zero-order valence-corrected chi connectivity index (χ0v) is 16.1. The smallest absolute Gasteiger partial charge is 0.278 e. The van der Waals surface area contributed by atoms with E-state index in [1.807, 2.05) is 0 Å². The van der Waals surface area contributed by atoms with Gasteiger partial charge in [-0.25, -0.2) is 13.4 Å². The molecule has 4 heterocycles. The largest absolute Gasteiger partial charge is 0.337 e. The van der Waals surface area contributed by atoms with Crippen molar-refractivity contribution in [2.45, 2.75) is 43.8 Å². The van der Waals surface area contributed by atoms with Crippen molar-refractivity contribution in [2.24, 2.45) is 14.1 Å². The van der Waals surface area contributed by atoms with E-state index in [1.165, 1.54) is 10.5 Å². The monoisotopic (exact) mass is 389 g/mol. The van der Waals surface area contributed by atoms with Crippen molar-refractivity contribution in [3.05, 3.63) is 29.1 Å². The van der Waals surface area contributed by atoms with E-state index in [2.05, 4.69) is 20.2 Å². The first-order valence-corrected chi connectivity index (χ1v) is 10.2. The number of aromatic nitrogens is 6. The van der Waals surface area contributed by atoms with Crippen LogP contribution in [0.25, 0.3) is 11.6 Å². The summed E-state index contributed by atoms with van der Waals surface area (Å²) in [5, 5.41) is 8.57. The Bertz CT molecular complexity index is 1130. The summed E-state index contributed by atoms with van der Waals surface area (Å²) in [6.45, 7) is 2.21. The van der Waals surface area contributed by atoms with Crippen LogP contribution in [0, 0.1) is 6.92 Å². The zero-order valence-electron chi connectivity index (χ0n) is 15.2. The highest BCUT2D eigenvalue weighted by molar-refractivity contribution is 7.89. The van der Waals surface area contributed by atoms with Gasteiger partial charge >= 0.3 is 0 Å². The van der Waals surface area contributed by atoms with Crippen molar-refractivity contribution in [3.8, 4) is 11.6 Å². The van der Waals surface area contributed by atoms with Gasteiger partial charge in [0.25, 0.3) is 15.9 Å². The summed E-state index contributed by atoms with van der Waals surface area (Å²) in [6, 6.07) is 0. The van der Waals surface area contributed by atoms with Crippen LogP contribution in [0.15, 0.2) is 15.7 Å². The highest BCUT2D eigenvalue weighted by Crippen LogP contribution is 2.40. The Labute approximate surface area is 155 Å². The molecule has 1 aliphatic carbocycles. The molecule has 0 unspecified atom stereocenters. The summed E-state index contributed by atoms with van der Waals surface area (Å²) < 4.78 is 36.2. The molecule has 1 aliphatic heterocycles. The number of nitrogens with zero attached hydrogens (tertiary/aromatic N) is 7. The van der Waals surface area contributed by atoms with Crippen LogP contribution >= 0.6 is 0 Å². The molecule has 142 valence electrons. The molecule has 27 heavy (non-hydrogen) atoms. The van der Waals surface area contributed by atoms with Crippen LogP contribution in [-0.4, -0.2) is 42.2 Å². The molecule has 0 saturated heterocycles. The maximum atomic E-state index is 13.0. The number of hydrogen-bond donors (Lipinski definition) is 0. The minimum absolute atomic E-state index is 0.0543. The quantitative estimate of drug-likeness (QED) is 0.656. The summed E-state index contributed by atoms with van der Waals surface area (Å²) in [7, 11) is -0.132. The van der Waals surface area contributed by atoms with E-state index in [-0.39, 0.29) is 18.1 Å². The predicted octanol–water partition coefficient (Wildman–Crippen LogP) is 1.09. The predicted molar refractivity (Wildman–Crippen MR) is 92.9 cm³/mol. The Morgan fingerprint density at radius 3 is 2.63 bits per heavy atom. The van der Waals surface area contributed by atoms with E-state index in [9.17, 15) is 8.42 Å².